The van der Waals surface area contributed by atoms with Gasteiger partial charge in [-0.2, -0.15) is 0 Å². The summed E-state index contributed by atoms with van der Waals surface area (Å²) in [6.07, 6.45) is 3.98. The largest absolute Gasteiger partial charge is 0.357 e. The Morgan fingerprint density at radius 3 is 2.55 bits per heavy atom. The van der Waals surface area contributed by atoms with E-state index in [1.54, 1.807) is 0 Å². The van der Waals surface area contributed by atoms with Gasteiger partial charge in [0.2, 0.25) is 0 Å². The molecular weight excluding hydrogens is 387 g/mol. The van der Waals surface area contributed by atoms with Crippen LogP contribution >= 0.6 is 24.0 Å². The molecule has 3 atom stereocenters. The molecule has 1 aliphatic carbocycles. The Morgan fingerprint density at radius 2 is 2.00 bits per heavy atom. The molecule has 2 N–H and O–H groups in total. The summed E-state index contributed by atoms with van der Waals surface area (Å²) >= 11 is 0. The van der Waals surface area contributed by atoms with E-state index in [-0.39, 0.29) is 29.5 Å². The lowest BCUT2D eigenvalue weighted by Crippen LogP contribution is -2.51. The highest BCUT2D eigenvalue weighted by Gasteiger charge is 2.34. The van der Waals surface area contributed by atoms with Gasteiger partial charge in [-0.05, 0) is 58.4 Å². The van der Waals surface area contributed by atoms with Crippen LogP contribution in [-0.2, 0) is 0 Å². The van der Waals surface area contributed by atoms with Gasteiger partial charge in [0.05, 0.1) is 6.54 Å². The molecule has 4 nitrogen and oxygen atoms in total. The second kappa shape index (κ2) is 8.71. The number of nitrogens with zero attached hydrogens (tertiary/aromatic N) is 2. The third-order valence-corrected chi connectivity index (χ3v) is 4.91. The molecule has 0 spiro atoms. The highest BCUT2D eigenvalue weighted by atomic mass is 127. The zero-order valence-corrected chi connectivity index (χ0v) is 17.3. The van der Waals surface area contributed by atoms with Crippen LogP contribution in [0.5, 0.6) is 0 Å². The first-order valence-corrected chi connectivity index (χ1v) is 8.72. The van der Waals surface area contributed by atoms with Gasteiger partial charge in [-0.1, -0.05) is 13.8 Å². The second-order valence-corrected chi connectivity index (χ2v) is 7.66. The maximum atomic E-state index is 4.85. The van der Waals surface area contributed by atoms with Crippen LogP contribution in [0.4, 0.5) is 0 Å². The maximum absolute atomic E-state index is 4.85. The van der Waals surface area contributed by atoms with Crippen LogP contribution in [0.15, 0.2) is 4.99 Å². The zero-order chi connectivity index (χ0) is 15.5. The number of piperidine rings is 1. The molecule has 0 radical (unpaired) electrons. The van der Waals surface area contributed by atoms with Gasteiger partial charge in [-0.3, -0.25) is 9.89 Å². The van der Waals surface area contributed by atoms with E-state index < -0.39 is 0 Å². The maximum Gasteiger partial charge on any atom is 0.191 e. The van der Waals surface area contributed by atoms with Crippen molar-refractivity contribution < 1.29 is 0 Å². The number of aliphatic imine (C=N–C) groups is 1. The highest BCUT2D eigenvalue weighted by Crippen LogP contribution is 2.29. The fourth-order valence-electron chi connectivity index (χ4n) is 3.13. The Bertz CT molecular complexity index is 370. The van der Waals surface area contributed by atoms with Crippen LogP contribution in [0.3, 0.4) is 0 Å². The normalized spacial score (nSPS) is 29.7. The minimum absolute atomic E-state index is 0. The van der Waals surface area contributed by atoms with E-state index in [0.29, 0.717) is 6.04 Å². The molecule has 130 valence electrons. The number of rotatable bonds is 5. The summed E-state index contributed by atoms with van der Waals surface area (Å²) in [5.74, 6) is 2.61. The summed E-state index contributed by atoms with van der Waals surface area (Å²) < 4.78 is 0. The molecule has 1 saturated carbocycles. The Labute approximate surface area is 153 Å². The monoisotopic (exact) mass is 422 g/mol. The standard InChI is InChI=1S/C17H34N4.HI/c1-6-18-16(20-15-10-14(15)3)19-12-17(4,5)21-9-7-8-13(2)11-21;/h13-15H,6-12H2,1-5H3,(H2,18,19,20);1H. The van der Waals surface area contributed by atoms with Crippen molar-refractivity contribution in [3.63, 3.8) is 0 Å². The summed E-state index contributed by atoms with van der Waals surface area (Å²) in [6, 6.07) is 0.626. The first-order chi connectivity index (χ1) is 9.92. The average Bonchev–Trinajstić information content (AvgIpc) is 3.12. The molecule has 1 saturated heterocycles. The van der Waals surface area contributed by atoms with E-state index in [1.807, 2.05) is 0 Å². The van der Waals surface area contributed by atoms with Gasteiger partial charge in [-0.25, -0.2) is 0 Å². The van der Waals surface area contributed by atoms with Crippen LogP contribution in [0.25, 0.3) is 0 Å². The quantitative estimate of drug-likeness (QED) is 0.407. The molecular formula is C17H35IN4. The van der Waals surface area contributed by atoms with Crippen molar-refractivity contribution in [2.75, 3.05) is 26.2 Å². The summed E-state index contributed by atoms with van der Waals surface area (Å²) in [5.41, 5.74) is 0.145. The lowest BCUT2D eigenvalue weighted by Gasteiger charge is -2.42. The Kier molecular flexibility index (Phi) is 7.92. The Balaban J connectivity index is 0.00000242. The van der Waals surface area contributed by atoms with Gasteiger partial charge in [0.25, 0.3) is 0 Å². The molecule has 3 unspecified atom stereocenters. The molecule has 2 fully saturated rings. The molecule has 2 aliphatic rings. The van der Waals surface area contributed by atoms with Crippen molar-refractivity contribution in [2.45, 2.75) is 65.5 Å². The molecule has 0 bridgehead atoms. The molecule has 0 aromatic rings. The van der Waals surface area contributed by atoms with E-state index in [9.17, 15) is 0 Å². The smallest absolute Gasteiger partial charge is 0.191 e. The Morgan fingerprint density at radius 1 is 1.32 bits per heavy atom. The topological polar surface area (TPSA) is 39.7 Å². The number of guanidine groups is 1. The van der Waals surface area contributed by atoms with Crippen LogP contribution in [0, 0.1) is 11.8 Å². The van der Waals surface area contributed by atoms with E-state index in [0.717, 1.165) is 30.9 Å². The van der Waals surface area contributed by atoms with E-state index >= 15 is 0 Å². The van der Waals surface area contributed by atoms with Crippen LogP contribution in [0.1, 0.15) is 53.9 Å². The number of nitrogens with one attached hydrogen (secondary N) is 2. The van der Waals surface area contributed by atoms with Crippen molar-refractivity contribution in [1.82, 2.24) is 15.5 Å². The second-order valence-electron chi connectivity index (χ2n) is 7.66. The number of hydrogen-bond donors (Lipinski definition) is 2. The summed E-state index contributed by atoms with van der Waals surface area (Å²) in [4.78, 5) is 7.47. The minimum Gasteiger partial charge on any atom is -0.357 e. The summed E-state index contributed by atoms with van der Waals surface area (Å²) in [6.45, 7) is 15.7. The Hall–Kier alpha value is -0.0400. The van der Waals surface area contributed by atoms with Gasteiger partial charge >= 0.3 is 0 Å². The third kappa shape index (κ3) is 5.87. The fourth-order valence-corrected chi connectivity index (χ4v) is 3.13. The van der Waals surface area contributed by atoms with Crippen LogP contribution in [-0.4, -0.2) is 48.6 Å². The van der Waals surface area contributed by atoms with E-state index in [2.05, 4.69) is 50.2 Å². The molecule has 0 aromatic heterocycles. The number of likely N-dealkylation sites (tertiary alicyclic amines) is 1. The number of halogens is 1. The van der Waals surface area contributed by atoms with Gasteiger partial charge in [-0.15, -0.1) is 24.0 Å². The first-order valence-electron chi connectivity index (χ1n) is 8.72. The van der Waals surface area contributed by atoms with Crippen molar-refractivity contribution in [3.8, 4) is 0 Å². The van der Waals surface area contributed by atoms with Crippen molar-refractivity contribution in [2.24, 2.45) is 16.8 Å². The summed E-state index contributed by atoms with van der Waals surface area (Å²) in [5, 5.41) is 6.93. The predicted octanol–water partition coefficient (Wildman–Crippen LogP) is 3.08. The SMILES string of the molecule is CCNC(=NCC(C)(C)N1CCCC(C)C1)NC1CC1C.I. The lowest BCUT2D eigenvalue weighted by atomic mass is 9.94. The van der Waals surface area contributed by atoms with Gasteiger partial charge < -0.3 is 10.6 Å². The van der Waals surface area contributed by atoms with Crippen LogP contribution in [0.2, 0.25) is 0 Å². The van der Waals surface area contributed by atoms with Crippen molar-refractivity contribution in [1.29, 1.82) is 0 Å². The van der Waals surface area contributed by atoms with E-state index in [4.69, 9.17) is 4.99 Å². The first kappa shape index (κ1) is 20.0. The molecule has 1 heterocycles. The van der Waals surface area contributed by atoms with Crippen molar-refractivity contribution >= 4 is 29.9 Å². The summed E-state index contributed by atoms with van der Waals surface area (Å²) in [7, 11) is 0. The van der Waals surface area contributed by atoms with E-state index in [1.165, 1.54) is 32.4 Å². The molecule has 2 rings (SSSR count). The molecule has 5 heteroatoms. The zero-order valence-electron chi connectivity index (χ0n) is 15.0. The molecule has 1 aliphatic heterocycles. The fraction of sp³-hybridized carbons (Fsp3) is 0.941. The van der Waals surface area contributed by atoms with Gasteiger partial charge in [0.1, 0.15) is 0 Å². The highest BCUT2D eigenvalue weighted by molar-refractivity contribution is 14.0. The van der Waals surface area contributed by atoms with Gasteiger partial charge in [0, 0.05) is 24.7 Å². The molecule has 0 aromatic carbocycles. The average molecular weight is 422 g/mol. The number of hydrogen-bond acceptors (Lipinski definition) is 2. The minimum atomic E-state index is 0. The van der Waals surface area contributed by atoms with Gasteiger partial charge in [0.15, 0.2) is 5.96 Å². The predicted molar refractivity (Wildman–Crippen MR) is 106 cm³/mol. The third-order valence-electron chi connectivity index (χ3n) is 4.91. The molecule has 0 amide bonds. The lowest BCUT2D eigenvalue weighted by molar-refractivity contribution is 0.0774. The van der Waals surface area contributed by atoms with Crippen molar-refractivity contribution in [3.05, 3.63) is 0 Å². The van der Waals surface area contributed by atoms with Crippen LogP contribution < -0.4 is 10.6 Å². The molecule has 22 heavy (non-hydrogen) atoms.